The SMILES string of the molecule is NCOBCC(=O)N1OCCC1C(N)=O. The molecule has 4 N–H and O–H groups in total. The van der Waals surface area contributed by atoms with Gasteiger partial charge in [0.05, 0.1) is 13.3 Å². The van der Waals surface area contributed by atoms with Crippen molar-refractivity contribution in [1.82, 2.24) is 5.06 Å². The van der Waals surface area contributed by atoms with Crippen LogP contribution in [-0.2, 0) is 19.1 Å². The lowest BCUT2D eigenvalue weighted by Gasteiger charge is -2.19. The molecule has 1 fully saturated rings. The number of nitrogens with zero attached hydrogens (tertiary/aromatic N) is 1. The lowest BCUT2D eigenvalue weighted by Crippen LogP contribution is -2.43. The summed E-state index contributed by atoms with van der Waals surface area (Å²) in [5.74, 6) is -0.870. The standard InChI is InChI=1S/C7H14BN3O4/c9-4-14-8-3-6(12)11-5(7(10)13)1-2-15-11/h5,8H,1-4,9H2,(H2,10,13). The molecule has 15 heavy (non-hydrogen) atoms. The second-order valence-electron chi connectivity index (χ2n) is 3.08. The number of hydrogen-bond donors (Lipinski definition) is 2. The quantitative estimate of drug-likeness (QED) is 0.304. The summed E-state index contributed by atoms with van der Waals surface area (Å²) in [4.78, 5) is 27.5. The van der Waals surface area contributed by atoms with Gasteiger partial charge < -0.3 is 16.1 Å². The monoisotopic (exact) mass is 215 g/mol. The van der Waals surface area contributed by atoms with Crippen molar-refractivity contribution in [2.24, 2.45) is 11.5 Å². The van der Waals surface area contributed by atoms with Crippen LogP contribution < -0.4 is 11.5 Å². The van der Waals surface area contributed by atoms with Gasteiger partial charge in [0.15, 0.2) is 0 Å². The predicted molar refractivity (Wildman–Crippen MR) is 52.5 cm³/mol. The van der Waals surface area contributed by atoms with E-state index in [-0.39, 0.29) is 26.4 Å². The zero-order valence-electron chi connectivity index (χ0n) is 8.35. The molecule has 84 valence electrons. The van der Waals surface area contributed by atoms with Crippen LogP contribution in [0.15, 0.2) is 0 Å². The second kappa shape index (κ2) is 5.69. The summed E-state index contributed by atoms with van der Waals surface area (Å²) in [7, 11) is 0.209. The van der Waals surface area contributed by atoms with Crippen LogP contribution >= 0.6 is 0 Å². The van der Waals surface area contributed by atoms with E-state index in [0.717, 1.165) is 5.06 Å². The molecule has 2 amide bonds. The molecule has 1 heterocycles. The van der Waals surface area contributed by atoms with Gasteiger partial charge in [0.25, 0.3) is 7.48 Å². The maximum Gasteiger partial charge on any atom is 0.286 e. The molecule has 0 aromatic rings. The molecule has 0 bridgehead atoms. The number of hydroxylamine groups is 2. The molecule has 7 nitrogen and oxygen atoms in total. The van der Waals surface area contributed by atoms with Crippen molar-refractivity contribution in [2.45, 2.75) is 18.8 Å². The highest BCUT2D eigenvalue weighted by Crippen LogP contribution is 2.15. The number of amides is 2. The molecule has 0 radical (unpaired) electrons. The van der Waals surface area contributed by atoms with Crippen LogP contribution in [0.2, 0.25) is 6.32 Å². The molecule has 1 unspecified atom stereocenters. The summed E-state index contributed by atoms with van der Waals surface area (Å²) in [5, 5.41) is 1.03. The lowest BCUT2D eigenvalue weighted by atomic mass is 9.94. The molecule has 0 aliphatic carbocycles. The Morgan fingerprint density at radius 3 is 2.93 bits per heavy atom. The van der Waals surface area contributed by atoms with Gasteiger partial charge >= 0.3 is 0 Å². The molecule has 1 aliphatic heterocycles. The van der Waals surface area contributed by atoms with E-state index < -0.39 is 11.9 Å². The minimum atomic E-state index is -0.657. The first-order chi connectivity index (χ1) is 7.16. The highest BCUT2D eigenvalue weighted by molar-refractivity contribution is 6.34. The second-order valence-corrected chi connectivity index (χ2v) is 3.08. The average molecular weight is 215 g/mol. The smallest absolute Gasteiger partial charge is 0.286 e. The Morgan fingerprint density at radius 1 is 1.60 bits per heavy atom. The summed E-state index contributed by atoms with van der Waals surface area (Å²) in [5.41, 5.74) is 10.2. The molecule has 0 aromatic carbocycles. The van der Waals surface area contributed by atoms with Gasteiger partial charge in [-0.25, -0.2) is 5.06 Å². The van der Waals surface area contributed by atoms with E-state index in [1.807, 2.05) is 0 Å². The first-order valence-corrected chi connectivity index (χ1v) is 4.69. The molecular weight excluding hydrogens is 201 g/mol. The van der Waals surface area contributed by atoms with Crippen molar-refractivity contribution in [3.05, 3.63) is 0 Å². The third-order valence-electron chi connectivity index (χ3n) is 2.06. The van der Waals surface area contributed by atoms with E-state index in [9.17, 15) is 9.59 Å². The van der Waals surface area contributed by atoms with Gasteiger partial charge in [0.2, 0.25) is 11.8 Å². The van der Waals surface area contributed by atoms with Gasteiger partial charge in [-0.3, -0.25) is 14.4 Å². The zero-order chi connectivity index (χ0) is 11.3. The number of carbonyl (C=O) groups is 2. The molecule has 0 aromatic heterocycles. The van der Waals surface area contributed by atoms with Crippen molar-refractivity contribution in [3.63, 3.8) is 0 Å². The normalized spacial score (nSPS) is 20.3. The Kier molecular flexibility index (Phi) is 4.54. The largest absolute Gasteiger partial charge is 0.427 e. The summed E-state index contributed by atoms with van der Waals surface area (Å²) < 4.78 is 4.82. The number of nitrogens with two attached hydrogens (primary N) is 2. The molecule has 1 rings (SSSR count). The van der Waals surface area contributed by atoms with Crippen LogP contribution in [0.1, 0.15) is 6.42 Å². The Morgan fingerprint density at radius 2 is 2.33 bits per heavy atom. The minimum Gasteiger partial charge on any atom is -0.427 e. The van der Waals surface area contributed by atoms with Gasteiger partial charge in [-0.15, -0.1) is 0 Å². The Hall–Kier alpha value is -1.12. The molecule has 1 aliphatic rings. The fraction of sp³-hybridized carbons (Fsp3) is 0.714. The Bertz CT molecular complexity index is 250. The van der Waals surface area contributed by atoms with Gasteiger partial charge in [-0.05, 0) is 0 Å². The van der Waals surface area contributed by atoms with Gasteiger partial charge in [0.1, 0.15) is 6.04 Å². The third-order valence-corrected chi connectivity index (χ3v) is 2.06. The summed E-state index contributed by atoms with van der Waals surface area (Å²) >= 11 is 0. The average Bonchev–Trinajstić information content (AvgIpc) is 2.66. The molecular formula is C7H14BN3O4. The number of primary amides is 1. The van der Waals surface area contributed by atoms with Crippen LogP contribution in [0, 0.1) is 0 Å². The molecule has 8 heteroatoms. The fourth-order valence-electron chi connectivity index (χ4n) is 1.33. The van der Waals surface area contributed by atoms with Crippen LogP contribution in [0.4, 0.5) is 0 Å². The van der Waals surface area contributed by atoms with Crippen LogP contribution in [-0.4, -0.2) is 43.7 Å². The van der Waals surface area contributed by atoms with Crippen molar-refractivity contribution >= 4 is 19.3 Å². The van der Waals surface area contributed by atoms with Crippen LogP contribution in [0.25, 0.3) is 0 Å². The Balaban J connectivity index is 2.40. The third kappa shape index (κ3) is 3.19. The Labute approximate surface area is 87.9 Å². The molecule has 1 atom stereocenters. The van der Waals surface area contributed by atoms with Crippen molar-refractivity contribution in [1.29, 1.82) is 0 Å². The van der Waals surface area contributed by atoms with E-state index in [2.05, 4.69) is 0 Å². The van der Waals surface area contributed by atoms with E-state index in [1.54, 1.807) is 0 Å². The van der Waals surface area contributed by atoms with Crippen molar-refractivity contribution in [3.8, 4) is 0 Å². The lowest BCUT2D eigenvalue weighted by molar-refractivity contribution is -0.176. The first kappa shape index (κ1) is 12.0. The van der Waals surface area contributed by atoms with Gasteiger partial charge in [0, 0.05) is 12.7 Å². The van der Waals surface area contributed by atoms with E-state index >= 15 is 0 Å². The van der Waals surface area contributed by atoms with E-state index in [1.165, 1.54) is 0 Å². The van der Waals surface area contributed by atoms with E-state index in [4.69, 9.17) is 21.0 Å². The highest BCUT2D eigenvalue weighted by Gasteiger charge is 2.34. The van der Waals surface area contributed by atoms with Gasteiger partial charge in [-0.2, -0.15) is 0 Å². The molecule has 0 saturated carbocycles. The summed E-state index contributed by atoms with van der Waals surface area (Å²) in [6, 6.07) is -0.657. The highest BCUT2D eigenvalue weighted by atomic mass is 16.7. The number of rotatable bonds is 5. The number of carbonyl (C=O) groups excluding carboxylic acids is 2. The van der Waals surface area contributed by atoms with Crippen LogP contribution in [0.5, 0.6) is 0 Å². The van der Waals surface area contributed by atoms with Crippen LogP contribution in [0.3, 0.4) is 0 Å². The van der Waals surface area contributed by atoms with Crippen molar-refractivity contribution < 1.29 is 19.1 Å². The predicted octanol–water partition coefficient (Wildman–Crippen LogP) is -2.29. The zero-order valence-corrected chi connectivity index (χ0v) is 8.35. The summed E-state index contributed by atoms with van der Waals surface area (Å²) in [6.45, 7) is 0.393. The fourth-order valence-corrected chi connectivity index (χ4v) is 1.33. The molecule has 0 spiro atoms. The summed E-state index contributed by atoms with van der Waals surface area (Å²) in [6.07, 6.45) is 0.569. The maximum absolute atomic E-state index is 11.5. The topological polar surface area (TPSA) is 108 Å². The molecule has 1 saturated heterocycles. The minimum absolute atomic E-state index is 0.0629. The first-order valence-electron chi connectivity index (χ1n) is 4.69. The number of hydrogen-bond acceptors (Lipinski definition) is 5. The van der Waals surface area contributed by atoms with Crippen molar-refractivity contribution in [2.75, 3.05) is 13.3 Å². The van der Waals surface area contributed by atoms with Gasteiger partial charge in [-0.1, -0.05) is 0 Å². The van der Waals surface area contributed by atoms with E-state index in [0.29, 0.717) is 13.0 Å². The maximum atomic E-state index is 11.5.